The van der Waals surface area contributed by atoms with Crippen LogP contribution in [0.1, 0.15) is 18.5 Å². The SMILES string of the molecule is CCOC(=O)C(F)[C@@H](N)c1c(O)ccc2ccccc12.Cl. The van der Waals surface area contributed by atoms with Crippen LogP contribution in [0.3, 0.4) is 0 Å². The molecule has 0 saturated carbocycles. The van der Waals surface area contributed by atoms with E-state index in [-0.39, 0.29) is 30.3 Å². The summed E-state index contributed by atoms with van der Waals surface area (Å²) in [6.07, 6.45) is -2.02. The average molecular weight is 314 g/mol. The Morgan fingerprint density at radius 1 is 1.33 bits per heavy atom. The Morgan fingerprint density at radius 2 is 2.00 bits per heavy atom. The fourth-order valence-electron chi connectivity index (χ4n) is 2.15. The van der Waals surface area contributed by atoms with Crippen molar-refractivity contribution in [2.45, 2.75) is 19.1 Å². The third-order valence-corrected chi connectivity index (χ3v) is 3.11. The highest BCUT2D eigenvalue weighted by atomic mass is 35.5. The van der Waals surface area contributed by atoms with Crippen LogP contribution in [0, 0.1) is 0 Å². The van der Waals surface area contributed by atoms with Gasteiger partial charge >= 0.3 is 5.97 Å². The maximum absolute atomic E-state index is 14.1. The minimum absolute atomic E-state index is 0. The van der Waals surface area contributed by atoms with Crippen LogP contribution >= 0.6 is 12.4 Å². The van der Waals surface area contributed by atoms with Crippen molar-refractivity contribution < 1.29 is 19.0 Å². The molecule has 2 atom stereocenters. The quantitative estimate of drug-likeness (QED) is 0.851. The second-order valence-corrected chi connectivity index (χ2v) is 4.40. The van der Waals surface area contributed by atoms with Gasteiger partial charge in [0, 0.05) is 5.56 Å². The molecule has 3 N–H and O–H groups in total. The van der Waals surface area contributed by atoms with Gasteiger partial charge in [-0.15, -0.1) is 12.4 Å². The lowest BCUT2D eigenvalue weighted by molar-refractivity contribution is -0.149. The number of aromatic hydroxyl groups is 1. The summed E-state index contributed by atoms with van der Waals surface area (Å²) >= 11 is 0. The lowest BCUT2D eigenvalue weighted by Crippen LogP contribution is -2.31. The largest absolute Gasteiger partial charge is 0.508 e. The molecule has 0 bridgehead atoms. The standard InChI is InChI=1S/C15H16FNO3.ClH/c1-2-20-15(19)13(16)14(17)12-10-6-4-3-5-9(10)7-8-11(12)18;/h3-8,13-14,18H,2,17H2,1H3;1H/t13?,14-;/m0./s1. The molecule has 1 unspecified atom stereocenters. The Morgan fingerprint density at radius 3 is 2.67 bits per heavy atom. The van der Waals surface area contributed by atoms with Gasteiger partial charge in [0.1, 0.15) is 5.75 Å². The number of rotatable bonds is 4. The number of fused-ring (bicyclic) bond motifs is 1. The van der Waals surface area contributed by atoms with Gasteiger partial charge in [0.05, 0.1) is 12.6 Å². The number of nitrogens with two attached hydrogens (primary N) is 1. The molecule has 21 heavy (non-hydrogen) atoms. The predicted molar refractivity (Wildman–Crippen MR) is 81.3 cm³/mol. The van der Waals surface area contributed by atoms with Gasteiger partial charge in [-0.05, 0) is 23.8 Å². The lowest BCUT2D eigenvalue weighted by atomic mass is 9.95. The molecule has 0 amide bonds. The van der Waals surface area contributed by atoms with E-state index in [2.05, 4.69) is 4.74 Å². The zero-order valence-corrected chi connectivity index (χ0v) is 12.3. The number of phenols is 1. The van der Waals surface area contributed by atoms with Crippen LogP contribution in [0.2, 0.25) is 0 Å². The van der Waals surface area contributed by atoms with Crippen LogP contribution in [-0.2, 0) is 9.53 Å². The van der Waals surface area contributed by atoms with Crippen molar-refractivity contribution >= 4 is 29.1 Å². The van der Waals surface area contributed by atoms with E-state index in [1.54, 1.807) is 25.1 Å². The van der Waals surface area contributed by atoms with Gasteiger partial charge in [-0.25, -0.2) is 9.18 Å². The highest BCUT2D eigenvalue weighted by molar-refractivity contribution is 5.89. The number of hydrogen-bond acceptors (Lipinski definition) is 4. The second kappa shape index (κ2) is 7.24. The molecule has 2 rings (SSSR count). The van der Waals surface area contributed by atoms with Gasteiger partial charge < -0.3 is 15.6 Å². The maximum atomic E-state index is 14.1. The Labute approximate surface area is 128 Å². The van der Waals surface area contributed by atoms with Crippen molar-refractivity contribution in [1.82, 2.24) is 0 Å². The van der Waals surface area contributed by atoms with Crippen molar-refractivity contribution in [2.24, 2.45) is 5.73 Å². The van der Waals surface area contributed by atoms with Crippen LogP contribution in [-0.4, -0.2) is 23.9 Å². The first-order valence-corrected chi connectivity index (χ1v) is 6.33. The Kier molecular flexibility index (Phi) is 5.93. The van der Waals surface area contributed by atoms with Crippen molar-refractivity contribution in [1.29, 1.82) is 0 Å². The Bertz CT molecular complexity index is 635. The number of hydrogen-bond donors (Lipinski definition) is 2. The topological polar surface area (TPSA) is 72.5 Å². The third kappa shape index (κ3) is 3.43. The number of phenolic OH excluding ortho intramolecular Hbond substituents is 1. The molecule has 114 valence electrons. The van der Waals surface area contributed by atoms with Crippen molar-refractivity contribution in [2.75, 3.05) is 6.61 Å². The summed E-state index contributed by atoms with van der Waals surface area (Å²) in [5, 5.41) is 11.4. The molecule has 2 aromatic carbocycles. The molecule has 0 fully saturated rings. The number of alkyl halides is 1. The van der Waals surface area contributed by atoms with Crippen molar-refractivity contribution in [3.63, 3.8) is 0 Å². The summed E-state index contributed by atoms with van der Waals surface area (Å²) in [5.74, 6) is -1.16. The second-order valence-electron chi connectivity index (χ2n) is 4.40. The van der Waals surface area contributed by atoms with Crippen LogP contribution < -0.4 is 5.73 Å². The summed E-state index contributed by atoms with van der Waals surface area (Å²) in [5.41, 5.74) is 6.01. The number of esters is 1. The average Bonchev–Trinajstić information content (AvgIpc) is 2.46. The zero-order valence-electron chi connectivity index (χ0n) is 11.5. The number of benzene rings is 2. The molecular formula is C15H17ClFNO3. The summed E-state index contributed by atoms with van der Waals surface area (Å²) < 4.78 is 18.7. The van der Waals surface area contributed by atoms with E-state index in [4.69, 9.17) is 5.73 Å². The maximum Gasteiger partial charge on any atom is 0.342 e. The molecule has 0 aliphatic carbocycles. The molecule has 0 spiro atoms. The lowest BCUT2D eigenvalue weighted by Gasteiger charge is -2.19. The minimum atomic E-state index is -2.02. The highest BCUT2D eigenvalue weighted by Gasteiger charge is 2.30. The fraction of sp³-hybridized carbons (Fsp3) is 0.267. The Balaban J connectivity index is 0.00000220. The minimum Gasteiger partial charge on any atom is -0.508 e. The van der Waals surface area contributed by atoms with Gasteiger partial charge in [-0.2, -0.15) is 0 Å². The van der Waals surface area contributed by atoms with Crippen molar-refractivity contribution in [3.8, 4) is 5.75 Å². The smallest absolute Gasteiger partial charge is 0.342 e. The van der Waals surface area contributed by atoms with Crippen LogP contribution in [0.4, 0.5) is 4.39 Å². The first-order valence-electron chi connectivity index (χ1n) is 6.33. The first-order chi connectivity index (χ1) is 9.56. The van der Waals surface area contributed by atoms with Gasteiger partial charge in [0.25, 0.3) is 0 Å². The van der Waals surface area contributed by atoms with E-state index in [9.17, 15) is 14.3 Å². The number of ether oxygens (including phenoxy) is 1. The molecule has 0 aliphatic heterocycles. The van der Waals surface area contributed by atoms with Crippen LogP contribution in [0.15, 0.2) is 36.4 Å². The van der Waals surface area contributed by atoms with E-state index < -0.39 is 18.2 Å². The molecule has 2 aromatic rings. The van der Waals surface area contributed by atoms with E-state index in [0.29, 0.717) is 5.39 Å². The molecule has 6 heteroatoms. The highest BCUT2D eigenvalue weighted by Crippen LogP contribution is 2.33. The van der Waals surface area contributed by atoms with Crippen molar-refractivity contribution in [3.05, 3.63) is 42.0 Å². The number of carbonyl (C=O) groups is 1. The van der Waals surface area contributed by atoms with Gasteiger partial charge in [-0.1, -0.05) is 30.3 Å². The van der Waals surface area contributed by atoms with Gasteiger partial charge in [0.2, 0.25) is 6.17 Å². The molecule has 0 heterocycles. The molecular weight excluding hydrogens is 297 g/mol. The molecule has 4 nitrogen and oxygen atoms in total. The first kappa shape index (κ1) is 17.2. The third-order valence-electron chi connectivity index (χ3n) is 3.11. The van der Waals surface area contributed by atoms with E-state index in [1.165, 1.54) is 6.07 Å². The summed E-state index contributed by atoms with van der Waals surface area (Å²) in [6.45, 7) is 1.67. The Hall–Kier alpha value is -1.85. The summed E-state index contributed by atoms with van der Waals surface area (Å²) in [6, 6.07) is 9.00. The van der Waals surface area contributed by atoms with Crippen LogP contribution in [0.25, 0.3) is 10.8 Å². The molecule has 0 radical (unpaired) electrons. The van der Waals surface area contributed by atoms with Gasteiger partial charge in [-0.3, -0.25) is 0 Å². The normalized spacial score (nSPS) is 13.3. The molecule has 0 saturated heterocycles. The van der Waals surface area contributed by atoms with E-state index in [1.807, 2.05) is 12.1 Å². The fourth-order valence-corrected chi connectivity index (χ4v) is 2.15. The molecule has 0 aromatic heterocycles. The number of halogens is 2. The summed E-state index contributed by atoms with van der Waals surface area (Å²) in [4.78, 5) is 11.4. The monoisotopic (exact) mass is 313 g/mol. The molecule has 0 aliphatic rings. The number of carbonyl (C=O) groups excluding carboxylic acids is 1. The van der Waals surface area contributed by atoms with E-state index >= 15 is 0 Å². The zero-order chi connectivity index (χ0) is 14.7. The van der Waals surface area contributed by atoms with Crippen LogP contribution in [0.5, 0.6) is 5.75 Å². The van der Waals surface area contributed by atoms with Gasteiger partial charge in [0.15, 0.2) is 0 Å². The predicted octanol–water partition coefficient (Wildman–Crippen LogP) is 2.87. The van der Waals surface area contributed by atoms with E-state index in [0.717, 1.165) is 5.39 Å². The summed E-state index contributed by atoms with van der Waals surface area (Å²) in [7, 11) is 0.